The Morgan fingerprint density at radius 3 is 2.83 bits per heavy atom. The number of rotatable bonds is 6. The van der Waals surface area contributed by atoms with Crippen molar-refractivity contribution in [3.8, 4) is 0 Å². The number of anilines is 1. The summed E-state index contributed by atoms with van der Waals surface area (Å²) in [4.78, 5) is 21.6. The maximum Gasteiger partial charge on any atom is 0.317 e. The number of nitrogens with one attached hydrogen (secondary N) is 1. The number of ether oxygens (including phenoxy) is 2. The molecule has 2 aromatic heterocycles. The predicted molar refractivity (Wildman–Crippen MR) is 82.8 cm³/mol. The van der Waals surface area contributed by atoms with Crippen molar-refractivity contribution in [1.82, 2.24) is 19.5 Å². The van der Waals surface area contributed by atoms with Crippen LogP contribution in [0.3, 0.4) is 0 Å². The molecule has 11 nitrogen and oxygen atoms in total. The van der Waals surface area contributed by atoms with Crippen molar-refractivity contribution < 1.29 is 28.6 Å². The Kier molecular flexibility index (Phi) is 5.09. The van der Waals surface area contributed by atoms with Gasteiger partial charge in [0.2, 0.25) is 0 Å². The zero-order valence-electron chi connectivity index (χ0n) is 13.0. The second kappa shape index (κ2) is 7.09. The van der Waals surface area contributed by atoms with Crippen LogP contribution >= 0.6 is 8.25 Å². The normalized spacial score (nSPS) is 28.3. The lowest BCUT2D eigenvalue weighted by atomic mass is 10.1. The average Bonchev–Trinajstić information content (AvgIpc) is 3.14. The van der Waals surface area contributed by atoms with Crippen molar-refractivity contribution in [1.29, 1.82) is 0 Å². The summed E-state index contributed by atoms with van der Waals surface area (Å²) < 4.78 is 28.9. The summed E-state index contributed by atoms with van der Waals surface area (Å²) in [6.07, 6.45) is -0.284. The van der Waals surface area contributed by atoms with Crippen LogP contribution in [0.5, 0.6) is 0 Å². The summed E-state index contributed by atoms with van der Waals surface area (Å²) in [6.45, 7) is -0.389. The van der Waals surface area contributed by atoms with Crippen molar-refractivity contribution >= 4 is 25.2 Å². The van der Waals surface area contributed by atoms with Crippen LogP contribution in [-0.2, 0) is 18.6 Å². The Balaban J connectivity index is 2.01. The van der Waals surface area contributed by atoms with Crippen LogP contribution in [0.2, 0.25) is 0 Å². The van der Waals surface area contributed by atoms with Gasteiger partial charge in [-0.25, -0.2) is 15.0 Å². The first-order chi connectivity index (χ1) is 11.6. The molecule has 3 heterocycles. The second-order valence-electron chi connectivity index (χ2n) is 5.09. The molecule has 0 aromatic carbocycles. The number of aliphatic hydroxyl groups is 1. The molecule has 1 aliphatic rings. The molecule has 1 fully saturated rings. The van der Waals surface area contributed by atoms with E-state index in [1.807, 2.05) is 0 Å². The molecule has 3 N–H and O–H groups in total. The fourth-order valence-electron chi connectivity index (χ4n) is 2.81. The van der Waals surface area contributed by atoms with Crippen LogP contribution in [0.4, 0.5) is 5.82 Å². The van der Waals surface area contributed by atoms with Crippen LogP contribution in [0.1, 0.15) is 6.23 Å². The van der Waals surface area contributed by atoms with Gasteiger partial charge in [0.25, 0.3) is 0 Å². The van der Waals surface area contributed by atoms with Crippen molar-refractivity contribution in [3.05, 3.63) is 12.7 Å². The standard InChI is InChI=1S/C12H18N5O6P/c1-13-10-7-11(15-4-14-10)17(5-16-7)12-9(21-2)8(23-24(19)20)6(3-18)22-12/h4-6,8-9,12,18,24H,3H2,1-2H3,(H,19,20)(H,13,14,15)/t6-,8?,9?,12?/m1/s1. The number of nitrogens with zero attached hydrogens (tertiary/aromatic N) is 4. The van der Waals surface area contributed by atoms with Gasteiger partial charge in [-0.3, -0.25) is 9.13 Å². The number of fused-ring (bicyclic) bond motifs is 1. The van der Waals surface area contributed by atoms with Gasteiger partial charge in [-0.05, 0) is 0 Å². The van der Waals surface area contributed by atoms with Gasteiger partial charge in [0.15, 0.2) is 17.7 Å². The third-order valence-corrected chi connectivity index (χ3v) is 4.32. The van der Waals surface area contributed by atoms with Crippen LogP contribution < -0.4 is 5.32 Å². The molecule has 4 unspecified atom stereocenters. The van der Waals surface area contributed by atoms with E-state index < -0.39 is 32.8 Å². The first-order valence-corrected chi connectivity index (χ1v) is 8.41. The number of aromatic nitrogens is 4. The minimum atomic E-state index is -3.23. The quantitative estimate of drug-likeness (QED) is 0.580. The molecule has 3 rings (SSSR count). The van der Waals surface area contributed by atoms with Crippen LogP contribution in [0, 0.1) is 0 Å². The highest BCUT2D eigenvalue weighted by atomic mass is 31.1. The van der Waals surface area contributed by atoms with Gasteiger partial charge in [0.1, 0.15) is 30.2 Å². The molecule has 5 atom stereocenters. The van der Waals surface area contributed by atoms with Crippen molar-refractivity contribution in [2.45, 2.75) is 24.5 Å². The molecule has 12 heteroatoms. The van der Waals surface area contributed by atoms with Gasteiger partial charge in [-0.2, -0.15) is 0 Å². The molecule has 24 heavy (non-hydrogen) atoms. The van der Waals surface area contributed by atoms with E-state index in [1.165, 1.54) is 19.8 Å². The van der Waals surface area contributed by atoms with E-state index in [4.69, 9.17) is 18.9 Å². The van der Waals surface area contributed by atoms with E-state index in [1.54, 1.807) is 11.6 Å². The first-order valence-electron chi connectivity index (χ1n) is 7.14. The largest absolute Gasteiger partial charge is 0.394 e. The smallest absolute Gasteiger partial charge is 0.317 e. The molecule has 0 saturated carbocycles. The number of hydrogen-bond donors (Lipinski definition) is 3. The topological polar surface area (TPSA) is 141 Å². The first kappa shape index (κ1) is 17.2. The summed E-state index contributed by atoms with van der Waals surface area (Å²) in [7, 11) is -0.0806. The van der Waals surface area contributed by atoms with Gasteiger partial charge in [0, 0.05) is 14.2 Å². The van der Waals surface area contributed by atoms with Gasteiger partial charge < -0.3 is 29.3 Å². The molecular formula is C12H18N5O6P. The zero-order valence-corrected chi connectivity index (χ0v) is 14.0. The number of aliphatic hydroxyl groups excluding tert-OH is 1. The highest BCUT2D eigenvalue weighted by Crippen LogP contribution is 2.38. The number of imidazole rings is 1. The summed E-state index contributed by atoms with van der Waals surface area (Å²) in [5.41, 5.74) is 1.04. The molecule has 0 spiro atoms. The van der Waals surface area contributed by atoms with Crippen LogP contribution in [0.15, 0.2) is 12.7 Å². The Bertz CT molecular complexity index is 742. The van der Waals surface area contributed by atoms with Gasteiger partial charge in [-0.1, -0.05) is 0 Å². The van der Waals surface area contributed by atoms with Crippen LogP contribution in [0.25, 0.3) is 11.2 Å². The van der Waals surface area contributed by atoms with E-state index >= 15 is 0 Å². The van der Waals surface area contributed by atoms with Crippen molar-refractivity contribution in [2.24, 2.45) is 0 Å². The maximum atomic E-state index is 11.1. The molecule has 132 valence electrons. The third-order valence-electron chi connectivity index (χ3n) is 3.84. The fourth-order valence-corrected chi connectivity index (χ4v) is 3.33. The van der Waals surface area contributed by atoms with Crippen LogP contribution in [-0.4, -0.2) is 68.6 Å². The second-order valence-corrected chi connectivity index (χ2v) is 5.86. The van der Waals surface area contributed by atoms with E-state index in [0.717, 1.165) is 0 Å². The Hall–Kier alpha value is -1.62. The Labute approximate surface area is 137 Å². The molecule has 1 saturated heterocycles. The SMILES string of the molecule is CNc1ncnc2c1ncn2C1O[C@H](CO)C(O[PH](=O)O)C1OC. The van der Waals surface area contributed by atoms with Crippen molar-refractivity contribution in [3.63, 3.8) is 0 Å². The highest BCUT2D eigenvalue weighted by molar-refractivity contribution is 7.32. The van der Waals surface area contributed by atoms with E-state index in [-0.39, 0.29) is 6.61 Å². The Morgan fingerprint density at radius 1 is 1.42 bits per heavy atom. The molecule has 0 bridgehead atoms. The molecule has 2 aromatic rings. The average molecular weight is 359 g/mol. The summed E-state index contributed by atoms with van der Waals surface area (Å²) in [6, 6.07) is 0. The maximum absolute atomic E-state index is 11.1. The monoisotopic (exact) mass is 359 g/mol. The lowest BCUT2D eigenvalue weighted by Gasteiger charge is -2.22. The predicted octanol–water partition coefficient (Wildman–Crippen LogP) is -0.460. The van der Waals surface area contributed by atoms with Crippen molar-refractivity contribution in [2.75, 3.05) is 26.1 Å². The fraction of sp³-hybridized carbons (Fsp3) is 0.583. The molecule has 1 aliphatic heterocycles. The summed E-state index contributed by atoms with van der Waals surface area (Å²) in [5.74, 6) is 0.553. The summed E-state index contributed by atoms with van der Waals surface area (Å²) in [5, 5.41) is 12.4. The minimum absolute atomic E-state index is 0.389. The molecule has 0 aliphatic carbocycles. The zero-order chi connectivity index (χ0) is 17.3. The van der Waals surface area contributed by atoms with Gasteiger partial charge in [0.05, 0.1) is 12.9 Å². The Morgan fingerprint density at radius 2 is 2.21 bits per heavy atom. The summed E-state index contributed by atoms with van der Waals surface area (Å²) >= 11 is 0. The van der Waals surface area contributed by atoms with E-state index in [2.05, 4.69) is 20.3 Å². The highest BCUT2D eigenvalue weighted by Gasteiger charge is 2.47. The lowest BCUT2D eigenvalue weighted by molar-refractivity contribution is -0.0583. The number of hydrogen-bond acceptors (Lipinski definition) is 9. The van der Waals surface area contributed by atoms with E-state index in [9.17, 15) is 9.67 Å². The van der Waals surface area contributed by atoms with E-state index in [0.29, 0.717) is 17.0 Å². The lowest BCUT2D eigenvalue weighted by Crippen LogP contribution is -2.35. The minimum Gasteiger partial charge on any atom is -0.394 e. The molecule has 0 amide bonds. The molecular weight excluding hydrogens is 341 g/mol. The third kappa shape index (κ3) is 2.90. The van der Waals surface area contributed by atoms with Gasteiger partial charge in [-0.15, -0.1) is 0 Å². The number of methoxy groups -OCH3 is 1. The molecule has 0 radical (unpaired) electrons. The van der Waals surface area contributed by atoms with Gasteiger partial charge >= 0.3 is 8.25 Å².